The molecule has 3 nitrogen and oxygen atoms in total. The van der Waals surface area contributed by atoms with Crippen molar-refractivity contribution in [2.75, 3.05) is 13.2 Å². The summed E-state index contributed by atoms with van der Waals surface area (Å²) in [6.07, 6.45) is -7.04. The summed E-state index contributed by atoms with van der Waals surface area (Å²) in [6.45, 7) is 4.33. The van der Waals surface area contributed by atoms with E-state index < -0.39 is 35.9 Å². The molecule has 198 valence electrons. The van der Waals surface area contributed by atoms with Crippen molar-refractivity contribution in [1.82, 2.24) is 0 Å². The van der Waals surface area contributed by atoms with E-state index in [1.54, 1.807) is 6.92 Å². The number of esters is 1. The third-order valence-corrected chi connectivity index (χ3v) is 6.90. The van der Waals surface area contributed by atoms with Crippen molar-refractivity contribution in [2.45, 2.75) is 64.2 Å². The van der Waals surface area contributed by atoms with Gasteiger partial charge in [-0.3, -0.25) is 4.79 Å². The fourth-order valence-corrected chi connectivity index (χ4v) is 4.73. The van der Waals surface area contributed by atoms with E-state index in [-0.39, 0.29) is 33.9 Å². The van der Waals surface area contributed by atoms with Crippen molar-refractivity contribution < 1.29 is 40.6 Å². The molecule has 0 atom stereocenters. The number of hydrogen-bond donors (Lipinski definition) is 0. The van der Waals surface area contributed by atoms with Gasteiger partial charge in [-0.15, -0.1) is 0 Å². The van der Waals surface area contributed by atoms with Crippen LogP contribution in [0.1, 0.15) is 57.6 Å². The molecule has 0 unspecified atom stereocenters. The van der Waals surface area contributed by atoms with Gasteiger partial charge in [0.1, 0.15) is 5.75 Å². The highest BCUT2D eigenvalue weighted by molar-refractivity contribution is 6.32. The van der Waals surface area contributed by atoms with Gasteiger partial charge in [0.2, 0.25) is 0 Å². The molecule has 1 saturated carbocycles. The van der Waals surface area contributed by atoms with E-state index in [1.807, 2.05) is 0 Å². The molecule has 0 heterocycles. The molecule has 3 rings (SSSR count). The molecule has 0 aromatic heterocycles. The molecule has 10 heteroatoms. The second-order valence-corrected chi connectivity index (χ2v) is 10.2. The van der Waals surface area contributed by atoms with Crippen LogP contribution in [0.15, 0.2) is 36.4 Å². The minimum atomic E-state index is -4.67. The summed E-state index contributed by atoms with van der Waals surface area (Å²) in [5, 5.41) is -0.180. The molecule has 0 N–H and O–H groups in total. The highest BCUT2D eigenvalue weighted by atomic mass is 35.5. The Balaban J connectivity index is 2.18. The van der Waals surface area contributed by atoms with Gasteiger partial charge in [-0.1, -0.05) is 37.6 Å². The first kappa shape index (κ1) is 28.2. The summed E-state index contributed by atoms with van der Waals surface area (Å²) in [5.74, 6) is -0.799. The SMILES string of the molecule is CCOC(=O)C1(c2cc(Cl)c(OCC(F)(F)F)c(-c3ccc(C(F)(F)F)cc3)c2)CCC(C)(C)CC1. The van der Waals surface area contributed by atoms with E-state index in [9.17, 15) is 31.1 Å². The van der Waals surface area contributed by atoms with Gasteiger partial charge >= 0.3 is 18.3 Å². The Labute approximate surface area is 210 Å². The molecule has 1 fully saturated rings. The normalized spacial score (nSPS) is 17.5. The first-order chi connectivity index (χ1) is 16.6. The number of carbonyl (C=O) groups excluding carboxylic acids is 1. The molecule has 0 bridgehead atoms. The van der Waals surface area contributed by atoms with Crippen LogP contribution >= 0.6 is 11.6 Å². The minimum Gasteiger partial charge on any atom is -0.482 e. The Morgan fingerprint density at radius 1 is 0.972 bits per heavy atom. The average molecular weight is 537 g/mol. The van der Waals surface area contributed by atoms with Gasteiger partial charge in [-0.25, -0.2) is 0 Å². The van der Waals surface area contributed by atoms with Crippen LogP contribution in [-0.4, -0.2) is 25.4 Å². The molecule has 1 aliphatic rings. The lowest BCUT2D eigenvalue weighted by atomic mass is 9.62. The van der Waals surface area contributed by atoms with Gasteiger partial charge in [-0.05, 0) is 73.4 Å². The molecule has 0 spiro atoms. The maximum Gasteiger partial charge on any atom is 0.422 e. The molecule has 0 saturated heterocycles. The van der Waals surface area contributed by atoms with Crippen molar-refractivity contribution in [3.63, 3.8) is 0 Å². The van der Waals surface area contributed by atoms with Gasteiger partial charge in [-0.2, -0.15) is 26.3 Å². The second kappa shape index (κ2) is 10.1. The molecule has 0 amide bonds. The van der Waals surface area contributed by atoms with Crippen LogP contribution in [0.3, 0.4) is 0 Å². The van der Waals surface area contributed by atoms with Crippen molar-refractivity contribution in [3.8, 4) is 16.9 Å². The van der Waals surface area contributed by atoms with Crippen LogP contribution in [-0.2, 0) is 21.1 Å². The zero-order valence-corrected chi connectivity index (χ0v) is 20.8. The summed E-state index contributed by atoms with van der Waals surface area (Å²) in [7, 11) is 0. The zero-order chi connectivity index (χ0) is 26.9. The fourth-order valence-electron chi connectivity index (χ4n) is 4.46. The van der Waals surface area contributed by atoms with Crippen LogP contribution in [0.2, 0.25) is 5.02 Å². The summed E-state index contributed by atoms with van der Waals surface area (Å²) in [5.41, 5.74) is -1.38. The van der Waals surface area contributed by atoms with Crippen molar-refractivity contribution in [3.05, 3.63) is 52.5 Å². The predicted octanol–water partition coefficient (Wildman–Crippen LogP) is 8.37. The molecule has 2 aromatic carbocycles. The van der Waals surface area contributed by atoms with Gasteiger partial charge < -0.3 is 9.47 Å². The Hall–Kier alpha value is -2.42. The highest BCUT2D eigenvalue weighted by Gasteiger charge is 2.47. The van der Waals surface area contributed by atoms with Gasteiger partial charge in [0.15, 0.2) is 6.61 Å². The molecular weight excluding hydrogens is 510 g/mol. The summed E-state index contributed by atoms with van der Waals surface area (Å²) < 4.78 is 88.4. The summed E-state index contributed by atoms with van der Waals surface area (Å²) in [6, 6.07) is 6.81. The van der Waals surface area contributed by atoms with Crippen LogP contribution in [0.25, 0.3) is 11.1 Å². The first-order valence-electron chi connectivity index (χ1n) is 11.5. The van der Waals surface area contributed by atoms with Gasteiger partial charge in [0.05, 0.1) is 22.6 Å². The van der Waals surface area contributed by atoms with E-state index in [0.29, 0.717) is 31.2 Å². The van der Waals surface area contributed by atoms with E-state index in [1.165, 1.54) is 12.1 Å². The van der Waals surface area contributed by atoms with Gasteiger partial charge in [0.25, 0.3) is 0 Å². The van der Waals surface area contributed by atoms with E-state index >= 15 is 0 Å². The summed E-state index contributed by atoms with van der Waals surface area (Å²) >= 11 is 6.41. The quantitative estimate of drug-likeness (QED) is 0.275. The molecule has 1 aliphatic carbocycles. The molecular formula is C26H27ClF6O3. The van der Waals surface area contributed by atoms with Crippen LogP contribution in [0, 0.1) is 5.41 Å². The smallest absolute Gasteiger partial charge is 0.422 e. The summed E-state index contributed by atoms with van der Waals surface area (Å²) in [4.78, 5) is 13.2. The molecule has 2 aromatic rings. The lowest BCUT2D eigenvalue weighted by Crippen LogP contribution is -2.42. The number of carbonyl (C=O) groups is 1. The van der Waals surface area contributed by atoms with Gasteiger partial charge in [0, 0.05) is 5.56 Å². The highest BCUT2D eigenvalue weighted by Crippen LogP contribution is 2.50. The molecule has 0 radical (unpaired) electrons. The Bertz CT molecular complexity index is 1080. The average Bonchev–Trinajstić information content (AvgIpc) is 2.77. The van der Waals surface area contributed by atoms with Crippen molar-refractivity contribution in [1.29, 1.82) is 0 Å². The maximum absolute atomic E-state index is 13.2. The Morgan fingerprint density at radius 3 is 2.06 bits per heavy atom. The number of alkyl halides is 6. The van der Waals surface area contributed by atoms with E-state index in [0.717, 1.165) is 24.3 Å². The monoisotopic (exact) mass is 536 g/mol. The third kappa shape index (κ3) is 6.28. The lowest BCUT2D eigenvalue weighted by Gasteiger charge is -2.42. The number of halogens is 7. The predicted molar refractivity (Wildman–Crippen MR) is 124 cm³/mol. The minimum absolute atomic E-state index is 0.0220. The molecule has 36 heavy (non-hydrogen) atoms. The Morgan fingerprint density at radius 2 is 1.56 bits per heavy atom. The second-order valence-electron chi connectivity index (χ2n) is 9.78. The largest absolute Gasteiger partial charge is 0.482 e. The van der Waals surface area contributed by atoms with E-state index in [2.05, 4.69) is 13.8 Å². The van der Waals surface area contributed by atoms with Crippen molar-refractivity contribution in [2.24, 2.45) is 5.41 Å². The maximum atomic E-state index is 13.2. The van der Waals surface area contributed by atoms with E-state index in [4.69, 9.17) is 21.1 Å². The zero-order valence-electron chi connectivity index (χ0n) is 20.1. The number of hydrogen-bond acceptors (Lipinski definition) is 3. The first-order valence-corrected chi connectivity index (χ1v) is 11.8. The van der Waals surface area contributed by atoms with Crippen LogP contribution < -0.4 is 4.74 Å². The lowest BCUT2D eigenvalue weighted by molar-refractivity contribution is -0.153. The molecule has 0 aliphatic heterocycles. The van der Waals surface area contributed by atoms with Crippen LogP contribution in [0.5, 0.6) is 5.75 Å². The third-order valence-electron chi connectivity index (χ3n) is 6.62. The van der Waals surface area contributed by atoms with Crippen LogP contribution in [0.4, 0.5) is 26.3 Å². The van der Waals surface area contributed by atoms with Crippen molar-refractivity contribution >= 4 is 17.6 Å². The fraction of sp³-hybridized carbons (Fsp3) is 0.500. The standard InChI is InChI=1S/C26H27ClF6O3/c1-4-35-22(34)24(11-9-23(2,3)10-12-24)18-13-19(16-5-7-17(8-6-16)26(31,32)33)21(20(27)14-18)36-15-25(28,29)30/h5-8,13-14H,4,9-12,15H2,1-3H3. The number of benzene rings is 2. The number of rotatable bonds is 6. The topological polar surface area (TPSA) is 35.5 Å². The number of ether oxygens (including phenoxy) is 2. The Kier molecular flexibility index (Phi) is 7.94.